The zero-order valence-corrected chi connectivity index (χ0v) is 19.1. The minimum absolute atomic E-state index is 0.0888. The lowest BCUT2D eigenvalue weighted by Crippen LogP contribution is -2.32. The maximum atomic E-state index is 12.5. The van der Waals surface area contributed by atoms with Crippen LogP contribution in [0, 0.1) is 0 Å². The van der Waals surface area contributed by atoms with Gasteiger partial charge in [0.2, 0.25) is 11.8 Å². The first kappa shape index (κ1) is 22.5. The van der Waals surface area contributed by atoms with E-state index in [9.17, 15) is 9.59 Å². The number of amides is 2. The van der Waals surface area contributed by atoms with Crippen molar-refractivity contribution in [2.24, 2.45) is 0 Å². The summed E-state index contributed by atoms with van der Waals surface area (Å²) in [7, 11) is 0. The van der Waals surface area contributed by atoms with E-state index < -0.39 is 0 Å². The van der Waals surface area contributed by atoms with Gasteiger partial charge in [0.25, 0.3) is 0 Å². The van der Waals surface area contributed by atoms with Crippen molar-refractivity contribution in [1.29, 1.82) is 0 Å². The summed E-state index contributed by atoms with van der Waals surface area (Å²) in [6.07, 6.45) is 4.14. The van der Waals surface area contributed by atoms with Gasteiger partial charge in [-0.05, 0) is 54.8 Å². The summed E-state index contributed by atoms with van der Waals surface area (Å²) >= 11 is 3.41. The van der Waals surface area contributed by atoms with E-state index in [1.165, 1.54) is 44.8 Å². The van der Waals surface area contributed by atoms with Crippen LogP contribution in [0.3, 0.4) is 0 Å². The second kappa shape index (κ2) is 11.3. The smallest absolute Gasteiger partial charge is 0.222 e. The molecule has 5 nitrogen and oxygen atoms in total. The summed E-state index contributed by atoms with van der Waals surface area (Å²) < 4.78 is 0.959. The van der Waals surface area contributed by atoms with E-state index in [2.05, 4.69) is 55.7 Å². The number of halogens is 1. The Bertz CT molecular complexity index is 831. The second-order valence-corrected chi connectivity index (χ2v) is 8.85. The van der Waals surface area contributed by atoms with Crippen LogP contribution in [-0.2, 0) is 22.7 Å². The van der Waals surface area contributed by atoms with Crippen LogP contribution in [0.5, 0.6) is 0 Å². The van der Waals surface area contributed by atoms with Crippen molar-refractivity contribution >= 4 is 27.7 Å². The van der Waals surface area contributed by atoms with E-state index in [4.69, 9.17) is 0 Å². The van der Waals surface area contributed by atoms with E-state index in [-0.39, 0.29) is 24.3 Å². The first-order valence-electron chi connectivity index (χ1n) is 10.6. The van der Waals surface area contributed by atoms with Gasteiger partial charge in [-0.25, -0.2) is 0 Å². The van der Waals surface area contributed by atoms with Gasteiger partial charge >= 0.3 is 0 Å². The molecule has 1 unspecified atom stereocenters. The first-order valence-corrected chi connectivity index (χ1v) is 11.4. The molecule has 0 aromatic heterocycles. The van der Waals surface area contributed by atoms with Crippen LogP contribution in [0.25, 0.3) is 0 Å². The van der Waals surface area contributed by atoms with Crippen LogP contribution in [0.1, 0.15) is 55.3 Å². The van der Waals surface area contributed by atoms with Crippen molar-refractivity contribution in [3.63, 3.8) is 0 Å². The number of likely N-dealkylation sites (tertiary alicyclic amines) is 1. The van der Waals surface area contributed by atoms with Crippen LogP contribution in [0.4, 0.5) is 0 Å². The van der Waals surface area contributed by atoms with Crippen molar-refractivity contribution in [1.82, 2.24) is 15.5 Å². The molecule has 2 N–H and O–H groups in total. The zero-order valence-electron chi connectivity index (χ0n) is 17.5. The molecule has 1 aliphatic rings. The van der Waals surface area contributed by atoms with Crippen molar-refractivity contribution in [3.05, 3.63) is 69.7 Å². The normalized spacial score (nSPS) is 15.4. The number of piperidine rings is 1. The Hall–Kier alpha value is -2.18. The lowest BCUT2D eigenvalue weighted by molar-refractivity contribution is -0.122. The molecule has 0 radical (unpaired) electrons. The Balaban J connectivity index is 1.50. The van der Waals surface area contributed by atoms with Crippen LogP contribution >= 0.6 is 15.9 Å². The number of benzene rings is 2. The standard InChI is InChI=1S/C24H30BrN3O2/c1-18(29)27-23(21-9-11-22(25)12-10-21)15-24(30)26-16-19-5-7-20(8-6-19)17-28-13-3-2-4-14-28/h5-12,23H,2-4,13-17H2,1H3,(H,26,30)(H,27,29). The van der Waals surface area contributed by atoms with E-state index in [1.807, 2.05) is 24.3 Å². The topological polar surface area (TPSA) is 61.4 Å². The molecule has 1 heterocycles. The lowest BCUT2D eigenvalue weighted by atomic mass is 10.0. The number of rotatable bonds is 8. The van der Waals surface area contributed by atoms with Gasteiger partial charge in [0.05, 0.1) is 12.5 Å². The largest absolute Gasteiger partial charge is 0.352 e. The van der Waals surface area contributed by atoms with Gasteiger partial charge in [0.1, 0.15) is 0 Å². The molecule has 3 rings (SSSR count). The Labute approximate surface area is 187 Å². The van der Waals surface area contributed by atoms with Crippen LogP contribution < -0.4 is 10.6 Å². The molecule has 0 bridgehead atoms. The molecule has 160 valence electrons. The summed E-state index contributed by atoms with van der Waals surface area (Å²) in [5.74, 6) is -0.242. The Morgan fingerprint density at radius 3 is 2.23 bits per heavy atom. The average Bonchev–Trinajstić information content (AvgIpc) is 2.74. The Morgan fingerprint density at radius 1 is 0.967 bits per heavy atom. The molecule has 2 amide bonds. The van der Waals surface area contributed by atoms with Gasteiger partial charge in [0.15, 0.2) is 0 Å². The van der Waals surface area contributed by atoms with Gasteiger partial charge in [-0.2, -0.15) is 0 Å². The van der Waals surface area contributed by atoms with Crippen LogP contribution in [0.15, 0.2) is 53.0 Å². The third-order valence-electron chi connectivity index (χ3n) is 5.41. The molecule has 1 saturated heterocycles. The molecule has 30 heavy (non-hydrogen) atoms. The van der Waals surface area contributed by atoms with Gasteiger partial charge in [-0.15, -0.1) is 0 Å². The fourth-order valence-electron chi connectivity index (χ4n) is 3.79. The molecule has 0 spiro atoms. The summed E-state index contributed by atoms with van der Waals surface area (Å²) in [5.41, 5.74) is 3.30. The number of hydrogen-bond acceptors (Lipinski definition) is 3. The maximum absolute atomic E-state index is 12.5. The highest BCUT2D eigenvalue weighted by atomic mass is 79.9. The van der Waals surface area contributed by atoms with Crippen LogP contribution in [-0.4, -0.2) is 29.8 Å². The molecule has 6 heteroatoms. The van der Waals surface area contributed by atoms with Gasteiger partial charge in [0, 0.05) is 24.5 Å². The third-order valence-corrected chi connectivity index (χ3v) is 5.94. The summed E-state index contributed by atoms with van der Waals surface area (Å²) in [5, 5.41) is 5.85. The quantitative estimate of drug-likeness (QED) is 0.602. The second-order valence-electron chi connectivity index (χ2n) is 7.94. The minimum Gasteiger partial charge on any atom is -0.352 e. The Morgan fingerprint density at radius 2 is 1.60 bits per heavy atom. The average molecular weight is 472 g/mol. The molecule has 1 aliphatic heterocycles. The van der Waals surface area contributed by atoms with Gasteiger partial charge in [-0.3, -0.25) is 14.5 Å². The molecule has 0 saturated carbocycles. The highest BCUT2D eigenvalue weighted by molar-refractivity contribution is 9.10. The molecular weight excluding hydrogens is 442 g/mol. The van der Waals surface area contributed by atoms with Gasteiger partial charge < -0.3 is 10.6 Å². The predicted octanol–water partition coefficient (Wildman–Crippen LogP) is 4.32. The fourth-order valence-corrected chi connectivity index (χ4v) is 4.05. The number of nitrogens with zero attached hydrogens (tertiary/aromatic N) is 1. The molecule has 0 aliphatic carbocycles. The fraction of sp³-hybridized carbons (Fsp3) is 0.417. The van der Waals surface area contributed by atoms with Crippen molar-refractivity contribution < 1.29 is 9.59 Å². The zero-order chi connectivity index (χ0) is 21.3. The highest BCUT2D eigenvalue weighted by Gasteiger charge is 2.17. The van der Waals surface area contributed by atoms with Crippen LogP contribution in [0.2, 0.25) is 0 Å². The molecule has 2 aromatic carbocycles. The maximum Gasteiger partial charge on any atom is 0.222 e. The predicted molar refractivity (Wildman–Crippen MR) is 123 cm³/mol. The lowest BCUT2D eigenvalue weighted by Gasteiger charge is -2.26. The van der Waals surface area contributed by atoms with E-state index in [1.54, 1.807) is 0 Å². The summed E-state index contributed by atoms with van der Waals surface area (Å²) in [4.78, 5) is 26.6. The van der Waals surface area contributed by atoms with E-state index in [0.717, 1.165) is 22.1 Å². The summed E-state index contributed by atoms with van der Waals surface area (Å²) in [6.45, 7) is 5.32. The molecule has 2 aromatic rings. The highest BCUT2D eigenvalue weighted by Crippen LogP contribution is 2.20. The number of nitrogens with one attached hydrogen (secondary N) is 2. The molecule has 1 atom stereocenters. The summed E-state index contributed by atoms with van der Waals surface area (Å²) in [6, 6.07) is 15.8. The van der Waals surface area contributed by atoms with Crippen molar-refractivity contribution in [2.45, 2.75) is 51.7 Å². The van der Waals surface area contributed by atoms with Crippen molar-refractivity contribution in [2.75, 3.05) is 13.1 Å². The van der Waals surface area contributed by atoms with Gasteiger partial charge in [-0.1, -0.05) is 58.7 Å². The first-order chi connectivity index (χ1) is 14.5. The van der Waals surface area contributed by atoms with E-state index in [0.29, 0.717) is 6.54 Å². The Kier molecular flexibility index (Phi) is 8.46. The molecular formula is C24H30BrN3O2. The third kappa shape index (κ3) is 7.26. The number of hydrogen-bond donors (Lipinski definition) is 2. The SMILES string of the molecule is CC(=O)NC(CC(=O)NCc1ccc(CN2CCCCC2)cc1)c1ccc(Br)cc1. The van der Waals surface area contributed by atoms with E-state index >= 15 is 0 Å². The monoisotopic (exact) mass is 471 g/mol. The minimum atomic E-state index is -0.345. The number of carbonyl (C=O) groups excluding carboxylic acids is 2. The van der Waals surface area contributed by atoms with Crippen molar-refractivity contribution in [3.8, 4) is 0 Å². The number of carbonyl (C=O) groups is 2. The molecule has 1 fully saturated rings.